The van der Waals surface area contributed by atoms with Gasteiger partial charge < -0.3 is 14.3 Å². The summed E-state index contributed by atoms with van der Waals surface area (Å²) >= 11 is 0. The predicted molar refractivity (Wildman–Crippen MR) is 132 cm³/mol. The third-order valence-electron chi connectivity index (χ3n) is 6.31. The number of ether oxygens (including phenoxy) is 1. The molecule has 0 fully saturated rings. The summed E-state index contributed by atoms with van der Waals surface area (Å²) in [7, 11) is 1.54. The molecule has 5 rings (SSSR count). The largest absolute Gasteiger partial charge is 0.507 e. The Balaban J connectivity index is 1.83. The fourth-order valence-corrected chi connectivity index (χ4v) is 4.15. The first-order chi connectivity index (χ1) is 16.7. The van der Waals surface area contributed by atoms with Crippen LogP contribution in [-0.2, 0) is 0 Å². The highest BCUT2D eigenvalue weighted by molar-refractivity contribution is 5.92. The van der Waals surface area contributed by atoms with Gasteiger partial charge in [-0.1, -0.05) is 0 Å². The third-order valence-corrected chi connectivity index (χ3v) is 6.31. The minimum atomic E-state index is -0.649. The van der Waals surface area contributed by atoms with Gasteiger partial charge in [-0.15, -0.1) is 0 Å². The van der Waals surface area contributed by atoms with E-state index >= 15 is 0 Å². The van der Waals surface area contributed by atoms with Crippen LogP contribution in [0.1, 0.15) is 16.7 Å². The van der Waals surface area contributed by atoms with E-state index in [0.29, 0.717) is 44.8 Å². The summed E-state index contributed by atoms with van der Waals surface area (Å²) in [4.78, 5) is 44.4. The van der Waals surface area contributed by atoms with Crippen molar-refractivity contribution >= 4 is 22.0 Å². The second kappa shape index (κ2) is 7.98. The van der Waals surface area contributed by atoms with Gasteiger partial charge in [-0.05, 0) is 68.8 Å². The number of phenolic OH excluding ortho intramolecular Hbond substituents is 1. The molecule has 5 aromatic rings. The van der Waals surface area contributed by atoms with E-state index in [1.807, 2.05) is 6.92 Å². The second-order valence-electron chi connectivity index (χ2n) is 8.27. The molecule has 0 aliphatic heterocycles. The Morgan fingerprint density at radius 1 is 0.943 bits per heavy atom. The standard InChI is InChI=1S/C26H21N3O6/c1-12-13(2)25(32)35-22-14(3)21(30)19(11-18(12)22)20-10-9-17-23(27-20)29(26(33)28-24(17)31)15-5-7-16(34-4)8-6-15/h5-11,30H,1-4H3,(H,28,31,33). The van der Waals surface area contributed by atoms with Crippen LogP contribution in [-0.4, -0.2) is 26.8 Å². The number of aryl methyl sites for hydroxylation is 2. The molecule has 0 bridgehead atoms. The van der Waals surface area contributed by atoms with Gasteiger partial charge in [-0.2, -0.15) is 0 Å². The van der Waals surface area contributed by atoms with Gasteiger partial charge in [0.1, 0.15) is 17.1 Å². The number of methoxy groups -OCH3 is 1. The summed E-state index contributed by atoms with van der Waals surface area (Å²) < 4.78 is 11.9. The van der Waals surface area contributed by atoms with E-state index in [2.05, 4.69) is 9.97 Å². The van der Waals surface area contributed by atoms with Crippen LogP contribution in [0.4, 0.5) is 0 Å². The Labute approximate surface area is 197 Å². The van der Waals surface area contributed by atoms with E-state index in [4.69, 9.17) is 9.15 Å². The SMILES string of the molecule is COc1ccc(-n2c(=O)[nH]c(=O)c3ccc(-c4cc5c(C)c(C)c(=O)oc5c(C)c4O)nc32)cc1. The number of fused-ring (bicyclic) bond motifs is 2. The molecule has 176 valence electrons. The minimum absolute atomic E-state index is 0.112. The maximum absolute atomic E-state index is 12.8. The Bertz CT molecular complexity index is 1830. The van der Waals surface area contributed by atoms with Crippen molar-refractivity contribution in [3.63, 3.8) is 0 Å². The number of pyridine rings is 1. The van der Waals surface area contributed by atoms with Crippen LogP contribution in [0.5, 0.6) is 11.5 Å². The zero-order valence-corrected chi connectivity index (χ0v) is 19.4. The lowest BCUT2D eigenvalue weighted by molar-refractivity contribution is 0.414. The van der Waals surface area contributed by atoms with Crippen molar-refractivity contribution in [2.45, 2.75) is 20.8 Å². The molecule has 2 aromatic carbocycles. The Morgan fingerprint density at radius 3 is 2.34 bits per heavy atom. The molecule has 35 heavy (non-hydrogen) atoms. The fourth-order valence-electron chi connectivity index (χ4n) is 4.15. The molecule has 9 nitrogen and oxygen atoms in total. The van der Waals surface area contributed by atoms with Crippen LogP contribution in [0.3, 0.4) is 0 Å². The number of hydrogen-bond acceptors (Lipinski definition) is 7. The third kappa shape index (κ3) is 3.40. The van der Waals surface area contributed by atoms with Crippen LogP contribution < -0.4 is 21.6 Å². The molecule has 0 aliphatic rings. The highest BCUT2D eigenvalue weighted by Crippen LogP contribution is 2.38. The molecule has 0 saturated heterocycles. The van der Waals surface area contributed by atoms with Gasteiger partial charge in [0.05, 0.1) is 23.9 Å². The van der Waals surface area contributed by atoms with Gasteiger partial charge in [0.2, 0.25) is 0 Å². The molecule has 3 heterocycles. The number of H-pyrrole nitrogens is 1. The smallest absolute Gasteiger partial charge is 0.339 e. The summed E-state index contributed by atoms with van der Waals surface area (Å²) in [5.74, 6) is 0.497. The lowest BCUT2D eigenvalue weighted by Crippen LogP contribution is -2.29. The number of hydrogen-bond donors (Lipinski definition) is 2. The Hall–Kier alpha value is -4.66. The van der Waals surface area contributed by atoms with Crippen LogP contribution in [0.25, 0.3) is 38.9 Å². The molecule has 2 N–H and O–H groups in total. The number of rotatable bonds is 3. The first-order valence-corrected chi connectivity index (χ1v) is 10.8. The zero-order valence-electron chi connectivity index (χ0n) is 19.4. The number of aromatic amines is 1. The van der Waals surface area contributed by atoms with Crippen LogP contribution in [0.15, 0.2) is 61.3 Å². The van der Waals surface area contributed by atoms with Gasteiger partial charge in [-0.25, -0.2) is 19.1 Å². The number of aromatic hydroxyl groups is 1. The topological polar surface area (TPSA) is 127 Å². The number of benzene rings is 2. The van der Waals surface area contributed by atoms with Gasteiger partial charge in [0, 0.05) is 22.1 Å². The van der Waals surface area contributed by atoms with E-state index < -0.39 is 16.9 Å². The quantitative estimate of drug-likeness (QED) is 0.386. The molecular formula is C26H21N3O6. The van der Waals surface area contributed by atoms with E-state index in [9.17, 15) is 19.5 Å². The van der Waals surface area contributed by atoms with Crippen molar-refractivity contribution in [1.82, 2.24) is 14.5 Å². The Kier molecular flexibility index (Phi) is 5.05. The zero-order chi connectivity index (χ0) is 25.0. The average molecular weight is 471 g/mol. The van der Waals surface area contributed by atoms with E-state index in [0.717, 1.165) is 5.56 Å². The second-order valence-corrected chi connectivity index (χ2v) is 8.27. The summed E-state index contributed by atoms with van der Waals surface area (Å²) in [5.41, 5.74) is 1.54. The first-order valence-electron chi connectivity index (χ1n) is 10.8. The van der Waals surface area contributed by atoms with Gasteiger partial charge >= 0.3 is 11.3 Å². The lowest BCUT2D eigenvalue weighted by Gasteiger charge is -2.14. The van der Waals surface area contributed by atoms with Gasteiger partial charge in [0.25, 0.3) is 5.56 Å². The van der Waals surface area contributed by atoms with E-state index in [1.165, 1.54) is 11.7 Å². The molecule has 0 amide bonds. The summed E-state index contributed by atoms with van der Waals surface area (Å²) in [6, 6.07) is 11.6. The number of nitrogens with zero attached hydrogens (tertiary/aromatic N) is 2. The fraction of sp³-hybridized carbons (Fsp3) is 0.154. The molecule has 0 spiro atoms. The van der Waals surface area contributed by atoms with Crippen molar-refractivity contribution in [2.24, 2.45) is 0 Å². The maximum Gasteiger partial charge on any atom is 0.339 e. The predicted octanol–water partition coefficient (Wildman–Crippen LogP) is 3.49. The van der Waals surface area contributed by atoms with Crippen molar-refractivity contribution in [3.8, 4) is 28.4 Å². The van der Waals surface area contributed by atoms with E-state index in [1.54, 1.807) is 56.3 Å². The van der Waals surface area contributed by atoms with Crippen LogP contribution >= 0.6 is 0 Å². The molecule has 0 saturated carbocycles. The van der Waals surface area contributed by atoms with Crippen molar-refractivity contribution in [1.29, 1.82) is 0 Å². The normalized spacial score (nSPS) is 11.3. The van der Waals surface area contributed by atoms with Crippen LogP contribution in [0, 0.1) is 20.8 Å². The summed E-state index contributed by atoms with van der Waals surface area (Å²) in [6.45, 7) is 5.14. The Morgan fingerprint density at radius 2 is 1.66 bits per heavy atom. The highest BCUT2D eigenvalue weighted by Gasteiger charge is 2.19. The van der Waals surface area contributed by atoms with Crippen molar-refractivity contribution in [2.75, 3.05) is 7.11 Å². The highest BCUT2D eigenvalue weighted by atomic mass is 16.5. The summed E-state index contributed by atoms with van der Waals surface area (Å²) in [6.07, 6.45) is 0. The molecule has 0 unspecified atom stereocenters. The average Bonchev–Trinajstić information content (AvgIpc) is 2.85. The molecule has 3 aromatic heterocycles. The number of aromatic nitrogens is 3. The molecule has 9 heteroatoms. The minimum Gasteiger partial charge on any atom is -0.507 e. The maximum atomic E-state index is 12.8. The van der Waals surface area contributed by atoms with Gasteiger partial charge in [0.15, 0.2) is 5.65 Å². The lowest BCUT2D eigenvalue weighted by atomic mass is 9.98. The molecule has 0 radical (unpaired) electrons. The van der Waals surface area contributed by atoms with E-state index in [-0.39, 0.29) is 16.8 Å². The molecule has 0 aliphatic carbocycles. The van der Waals surface area contributed by atoms with Gasteiger partial charge in [-0.3, -0.25) is 9.78 Å². The molecule has 0 atom stereocenters. The number of nitrogens with one attached hydrogen (secondary N) is 1. The monoisotopic (exact) mass is 471 g/mol. The first kappa shape index (κ1) is 22.1. The number of phenols is 1. The van der Waals surface area contributed by atoms with Crippen LogP contribution in [0.2, 0.25) is 0 Å². The summed E-state index contributed by atoms with van der Waals surface area (Å²) in [5, 5.41) is 11.8. The van der Waals surface area contributed by atoms with Crippen molar-refractivity contribution in [3.05, 3.63) is 90.4 Å². The molecular weight excluding hydrogens is 450 g/mol. The van der Waals surface area contributed by atoms with Crippen molar-refractivity contribution < 1.29 is 14.3 Å².